The molecular weight excluding hydrogens is 214 g/mol. The largest absolute Gasteiger partial charge is 0.497 e. The molecule has 0 bridgehead atoms. The summed E-state index contributed by atoms with van der Waals surface area (Å²) in [5.74, 6) is 0.816. The molecule has 0 radical (unpaired) electrons. The SMILES string of the molecule is COc1ccc(-n2ncc(CC#N)c2C)cc1. The lowest BCUT2D eigenvalue weighted by Gasteiger charge is -2.06. The lowest BCUT2D eigenvalue weighted by atomic mass is 10.2. The van der Waals surface area contributed by atoms with Gasteiger partial charge in [0.05, 0.1) is 31.5 Å². The van der Waals surface area contributed by atoms with Gasteiger partial charge < -0.3 is 4.74 Å². The third-order valence-electron chi connectivity index (χ3n) is 2.70. The molecule has 0 aliphatic rings. The van der Waals surface area contributed by atoms with Crippen LogP contribution in [0.25, 0.3) is 5.69 Å². The van der Waals surface area contributed by atoms with Crippen molar-refractivity contribution < 1.29 is 4.74 Å². The van der Waals surface area contributed by atoms with Crippen LogP contribution in [-0.4, -0.2) is 16.9 Å². The topological polar surface area (TPSA) is 50.8 Å². The molecular formula is C13H13N3O. The van der Waals surface area contributed by atoms with Gasteiger partial charge in [-0.05, 0) is 31.2 Å². The zero-order valence-corrected chi connectivity index (χ0v) is 9.84. The molecule has 86 valence electrons. The first-order valence-electron chi connectivity index (χ1n) is 5.31. The van der Waals surface area contributed by atoms with Crippen molar-refractivity contribution in [2.45, 2.75) is 13.3 Å². The molecule has 0 unspecified atom stereocenters. The van der Waals surface area contributed by atoms with Gasteiger partial charge in [-0.2, -0.15) is 10.4 Å². The van der Waals surface area contributed by atoms with Gasteiger partial charge in [-0.25, -0.2) is 4.68 Å². The summed E-state index contributed by atoms with van der Waals surface area (Å²) < 4.78 is 6.93. The van der Waals surface area contributed by atoms with E-state index in [0.29, 0.717) is 6.42 Å². The maximum absolute atomic E-state index is 8.69. The Balaban J connectivity index is 2.36. The lowest BCUT2D eigenvalue weighted by Crippen LogP contribution is -1.99. The van der Waals surface area contributed by atoms with E-state index in [0.717, 1.165) is 22.7 Å². The highest BCUT2D eigenvalue weighted by Crippen LogP contribution is 2.17. The van der Waals surface area contributed by atoms with Crippen LogP contribution in [0.15, 0.2) is 30.5 Å². The monoisotopic (exact) mass is 227 g/mol. The smallest absolute Gasteiger partial charge is 0.119 e. The molecule has 1 heterocycles. The van der Waals surface area contributed by atoms with Crippen LogP contribution in [0, 0.1) is 18.3 Å². The summed E-state index contributed by atoms with van der Waals surface area (Å²) in [6.45, 7) is 1.96. The van der Waals surface area contributed by atoms with Crippen LogP contribution in [0.5, 0.6) is 5.75 Å². The van der Waals surface area contributed by atoms with Gasteiger partial charge >= 0.3 is 0 Å². The average molecular weight is 227 g/mol. The van der Waals surface area contributed by atoms with E-state index in [2.05, 4.69) is 11.2 Å². The third kappa shape index (κ3) is 2.13. The molecule has 0 N–H and O–H groups in total. The zero-order chi connectivity index (χ0) is 12.3. The molecule has 0 atom stereocenters. The molecule has 17 heavy (non-hydrogen) atoms. The number of ether oxygens (including phenoxy) is 1. The van der Waals surface area contributed by atoms with Gasteiger partial charge in [0.2, 0.25) is 0 Å². The first-order valence-corrected chi connectivity index (χ1v) is 5.31. The van der Waals surface area contributed by atoms with Gasteiger partial charge in [0.1, 0.15) is 5.75 Å². The Morgan fingerprint density at radius 2 is 2.06 bits per heavy atom. The van der Waals surface area contributed by atoms with Gasteiger partial charge in [-0.1, -0.05) is 0 Å². The Kier molecular flexibility index (Phi) is 3.10. The van der Waals surface area contributed by atoms with Crippen LogP contribution in [0.1, 0.15) is 11.3 Å². The van der Waals surface area contributed by atoms with Crippen molar-refractivity contribution in [3.63, 3.8) is 0 Å². The second kappa shape index (κ2) is 4.71. The average Bonchev–Trinajstić information content (AvgIpc) is 2.72. The van der Waals surface area contributed by atoms with Crippen molar-refractivity contribution in [1.29, 1.82) is 5.26 Å². The van der Waals surface area contributed by atoms with Gasteiger partial charge in [0.25, 0.3) is 0 Å². The highest BCUT2D eigenvalue weighted by Gasteiger charge is 2.07. The molecule has 0 amide bonds. The number of benzene rings is 1. The van der Waals surface area contributed by atoms with E-state index in [4.69, 9.17) is 10.00 Å². The minimum absolute atomic E-state index is 0.391. The summed E-state index contributed by atoms with van der Waals surface area (Å²) in [4.78, 5) is 0. The molecule has 0 aliphatic carbocycles. The molecule has 4 heteroatoms. The summed E-state index contributed by atoms with van der Waals surface area (Å²) in [6.07, 6.45) is 2.13. The fourth-order valence-corrected chi connectivity index (χ4v) is 1.69. The number of nitrogens with zero attached hydrogens (tertiary/aromatic N) is 3. The maximum atomic E-state index is 8.69. The third-order valence-corrected chi connectivity index (χ3v) is 2.70. The summed E-state index contributed by atoms with van der Waals surface area (Å²) in [5, 5.41) is 13.0. The molecule has 2 aromatic rings. The van der Waals surface area contributed by atoms with Crippen molar-refractivity contribution >= 4 is 0 Å². The number of hydrogen-bond acceptors (Lipinski definition) is 3. The van der Waals surface area contributed by atoms with E-state index in [-0.39, 0.29) is 0 Å². The summed E-state index contributed by atoms with van der Waals surface area (Å²) in [6, 6.07) is 9.79. The second-order valence-corrected chi connectivity index (χ2v) is 3.70. The Bertz CT molecular complexity index is 549. The van der Waals surface area contributed by atoms with E-state index in [1.165, 1.54) is 0 Å². The van der Waals surface area contributed by atoms with E-state index in [1.54, 1.807) is 13.3 Å². The Hall–Kier alpha value is -2.28. The molecule has 1 aromatic carbocycles. The quantitative estimate of drug-likeness (QED) is 0.808. The Morgan fingerprint density at radius 3 is 2.65 bits per heavy atom. The van der Waals surface area contributed by atoms with Crippen LogP contribution in [0.3, 0.4) is 0 Å². The van der Waals surface area contributed by atoms with Gasteiger partial charge in [0.15, 0.2) is 0 Å². The van der Waals surface area contributed by atoms with Crippen molar-refractivity contribution in [2.24, 2.45) is 0 Å². The second-order valence-electron chi connectivity index (χ2n) is 3.70. The van der Waals surface area contributed by atoms with Crippen molar-refractivity contribution in [1.82, 2.24) is 9.78 Å². The highest BCUT2D eigenvalue weighted by atomic mass is 16.5. The fraction of sp³-hybridized carbons (Fsp3) is 0.231. The van der Waals surface area contributed by atoms with Crippen LogP contribution in [0.2, 0.25) is 0 Å². The summed E-state index contributed by atoms with van der Waals surface area (Å²) in [7, 11) is 1.64. The number of nitriles is 1. The van der Waals surface area contributed by atoms with Gasteiger partial charge in [0, 0.05) is 11.3 Å². The van der Waals surface area contributed by atoms with Gasteiger partial charge in [-0.3, -0.25) is 0 Å². The molecule has 4 nitrogen and oxygen atoms in total. The molecule has 0 saturated carbocycles. The van der Waals surface area contributed by atoms with Crippen LogP contribution < -0.4 is 4.74 Å². The van der Waals surface area contributed by atoms with Crippen LogP contribution in [0.4, 0.5) is 0 Å². The van der Waals surface area contributed by atoms with Crippen molar-refractivity contribution in [3.8, 4) is 17.5 Å². The molecule has 0 aliphatic heterocycles. The molecule has 1 aromatic heterocycles. The predicted octanol–water partition coefficient (Wildman–Crippen LogP) is 2.26. The van der Waals surface area contributed by atoms with Crippen molar-refractivity contribution in [2.75, 3.05) is 7.11 Å². The van der Waals surface area contributed by atoms with E-state index in [1.807, 2.05) is 35.9 Å². The number of aromatic nitrogens is 2. The van der Waals surface area contributed by atoms with Crippen LogP contribution >= 0.6 is 0 Å². The molecule has 0 fully saturated rings. The van der Waals surface area contributed by atoms with Crippen molar-refractivity contribution in [3.05, 3.63) is 41.7 Å². The van der Waals surface area contributed by atoms with E-state index in [9.17, 15) is 0 Å². The molecule has 2 rings (SSSR count). The highest BCUT2D eigenvalue weighted by molar-refractivity contribution is 5.39. The Labute approximate surface area is 100 Å². The predicted molar refractivity (Wildman–Crippen MR) is 64.2 cm³/mol. The Morgan fingerprint density at radius 1 is 1.35 bits per heavy atom. The number of hydrogen-bond donors (Lipinski definition) is 0. The molecule has 0 spiro atoms. The number of rotatable bonds is 3. The first-order chi connectivity index (χ1) is 8.26. The number of methoxy groups -OCH3 is 1. The minimum Gasteiger partial charge on any atom is -0.497 e. The van der Waals surface area contributed by atoms with Gasteiger partial charge in [-0.15, -0.1) is 0 Å². The minimum atomic E-state index is 0.391. The van der Waals surface area contributed by atoms with E-state index >= 15 is 0 Å². The van der Waals surface area contributed by atoms with Crippen LogP contribution in [-0.2, 0) is 6.42 Å². The molecule has 0 saturated heterocycles. The maximum Gasteiger partial charge on any atom is 0.119 e. The fourth-order valence-electron chi connectivity index (χ4n) is 1.69. The lowest BCUT2D eigenvalue weighted by molar-refractivity contribution is 0.414. The zero-order valence-electron chi connectivity index (χ0n) is 9.84. The summed E-state index contributed by atoms with van der Waals surface area (Å²) >= 11 is 0. The standard InChI is InChI=1S/C13H13N3O/c1-10-11(7-8-14)9-15-16(10)12-3-5-13(17-2)6-4-12/h3-6,9H,7H2,1-2H3. The normalized spacial score (nSPS) is 9.94. The first kappa shape index (κ1) is 11.2. The summed E-state index contributed by atoms with van der Waals surface area (Å²) in [5.41, 5.74) is 2.92. The van der Waals surface area contributed by atoms with E-state index < -0.39 is 0 Å².